The lowest BCUT2D eigenvalue weighted by Gasteiger charge is -2.11. The van der Waals surface area contributed by atoms with Crippen LogP contribution >= 0.6 is 15.9 Å². The SMILES string of the molecule is Cc1cc(N)c(NS(=O)(=O)c2cn(C)c(C)n2)c(Br)c1. The molecular formula is C12H15BrN4O2S. The van der Waals surface area contributed by atoms with Crippen LogP contribution in [0.1, 0.15) is 11.4 Å². The van der Waals surface area contributed by atoms with Gasteiger partial charge in [-0.15, -0.1) is 0 Å². The van der Waals surface area contributed by atoms with Crippen LogP contribution in [-0.4, -0.2) is 18.0 Å². The first-order valence-electron chi connectivity index (χ1n) is 5.79. The quantitative estimate of drug-likeness (QED) is 0.822. The highest BCUT2D eigenvalue weighted by molar-refractivity contribution is 9.10. The fourth-order valence-corrected chi connectivity index (χ4v) is 3.69. The van der Waals surface area contributed by atoms with Gasteiger partial charge in [-0.05, 0) is 47.5 Å². The van der Waals surface area contributed by atoms with E-state index in [-0.39, 0.29) is 5.03 Å². The number of hydrogen-bond acceptors (Lipinski definition) is 4. The molecule has 6 nitrogen and oxygen atoms in total. The van der Waals surface area contributed by atoms with Crippen LogP contribution in [0.3, 0.4) is 0 Å². The van der Waals surface area contributed by atoms with Crippen LogP contribution in [0.5, 0.6) is 0 Å². The Labute approximate surface area is 126 Å². The molecule has 0 spiro atoms. The minimum absolute atomic E-state index is 0.0376. The van der Waals surface area contributed by atoms with Gasteiger partial charge in [0, 0.05) is 17.7 Å². The van der Waals surface area contributed by atoms with Crippen LogP contribution < -0.4 is 10.5 Å². The van der Waals surface area contributed by atoms with Gasteiger partial charge in [-0.25, -0.2) is 4.98 Å². The van der Waals surface area contributed by atoms with Crippen LogP contribution in [-0.2, 0) is 17.1 Å². The van der Waals surface area contributed by atoms with Gasteiger partial charge in [0.15, 0.2) is 5.03 Å². The molecule has 0 fully saturated rings. The molecule has 2 rings (SSSR count). The van der Waals surface area contributed by atoms with Gasteiger partial charge in [0.05, 0.1) is 11.4 Å². The van der Waals surface area contributed by atoms with Crippen LogP contribution in [0.15, 0.2) is 27.8 Å². The molecule has 0 unspecified atom stereocenters. The molecule has 1 aromatic heterocycles. The number of aromatic nitrogens is 2. The van der Waals surface area contributed by atoms with Gasteiger partial charge in [-0.3, -0.25) is 4.72 Å². The third-order valence-electron chi connectivity index (χ3n) is 2.86. The van der Waals surface area contributed by atoms with E-state index in [1.54, 1.807) is 30.7 Å². The van der Waals surface area contributed by atoms with Crippen LogP contribution in [0, 0.1) is 13.8 Å². The fraction of sp³-hybridized carbons (Fsp3) is 0.250. The van der Waals surface area contributed by atoms with E-state index < -0.39 is 10.0 Å². The third kappa shape index (κ3) is 2.80. The van der Waals surface area contributed by atoms with Crippen molar-refractivity contribution >= 4 is 37.3 Å². The molecule has 108 valence electrons. The van der Waals surface area contributed by atoms with E-state index in [9.17, 15) is 8.42 Å². The van der Waals surface area contributed by atoms with Gasteiger partial charge < -0.3 is 10.3 Å². The van der Waals surface area contributed by atoms with Crippen molar-refractivity contribution in [1.29, 1.82) is 0 Å². The predicted octanol–water partition coefficient (Wildman–Crippen LogP) is 2.18. The third-order valence-corrected chi connectivity index (χ3v) is 4.71. The first-order valence-corrected chi connectivity index (χ1v) is 8.07. The number of nitrogens with zero attached hydrogens (tertiary/aromatic N) is 2. The highest BCUT2D eigenvalue weighted by atomic mass is 79.9. The number of nitrogen functional groups attached to an aromatic ring is 1. The number of halogens is 1. The maximum Gasteiger partial charge on any atom is 0.281 e. The van der Waals surface area contributed by atoms with E-state index in [4.69, 9.17) is 5.73 Å². The summed E-state index contributed by atoms with van der Waals surface area (Å²) >= 11 is 3.31. The Morgan fingerprint density at radius 3 is 2.50 bits per heavy atom. The van der Waals surface area contributed by atoms with Crippen molar-refractivity contribution in [2.45, 2.75) is 18.9 Å². The lowest BCUT2D eigenvalue weighted by Crippen LogP contribution is -2.15. The van der Waals surface area contributed by atoms with Gasteiger partial charge in [0.1, 0.15) is 5.82 Å². The molecule has 0 saturated heterocycles. The molecule has 0 bridgehead atoms. The lowest BCUT2D eigenvalue weighted by atomic mass is 10.2. The predicted molar refractivity (Wildman–Crippen MR) is 82.0 cm³/mol. The minimum atomic E-state index is -3.76. The summed E-state index contributed by atoms with van der Waals surface area (Å²) in [5, 5.41) is -0.0376. The highest BCUT2D eigenvalue weighted by Crippen LogP contribution is 2.31. The molecule has 0 atom stereocenters. The van der Waals surface area contributed by atoms with Crippen molar-refractivity contribution in [3.63, 3.8) is 0 Å². The maximum atomic E-state index is 12.3. The second-order valence-electron chi connectivity index (χ2n) is 4.55. The Hall–Kier alpha value is -1.54. The summed E-state index contributed by atoms with van der Waals surface area (Å²) in [7, 11) is -2.03. The molecule has 0 saturated carbocycles. The van der Waals surface area contributed by atoms with Gasteiger partial charge in [-0.2, -0.15) is 8.42 Å². The smallest absolute Gasteiger partial charge is 0.281 e. The number of imidazole rings is 1. The molecule has 0 radical (unpaired) electrons. The Balaban J connectivity index is 2.43. The van der Waals surface area contributed by atoms with Gasteiger partial charge >= 0.3 is 0 Å². The van der Waals surface area contributed by atoms with Crippen molar-refractivity contribution in [3.8, 4) is 0 Å². The Morgan fingerprint density at radius 1 is 1.35 bits per heavy atom. The Morgan fingerprint density at radius 2 is 2.00 bits per heavy atom. The number of rotatable bonds is 3. The molecule has 8 heteroatoms. The van der Waals surface area contributed by atoms with E-state index in [0.29, 0.717) is 21.7 Å². The summed E-state index contributed by atoms with van der Waals surface area (Å²) in [5.74, 6) is 0.612. The summed E-state index contributed by atoms with van der Waals surface area (Å²) < 4.78 is 29.3. The lowest BCUT2D eigenvalue weighted by molar-refractivity contribution is 0.598. The van der Waals surface area contributed by atoms with Crippen molar-refractivity contribution in [2.24, 2.45) is 7.05 Å². The van der Waals surface area contributed by atoms with E-state index in [2.05, 4.69) is 25.6 Å². The van der Waals surface area contributed by atoms with Gasteiger partial charge in [-0.1, -0.05) is 0 Å². The molecule has 0 amide bonds. The van der Waals surface area contributed by atoms with Crippen molar-refractivity contribution in [2.75, 3.05) is 10.5 Å². The minimum Gasteiger partial charge on any atom is -0.397 e. The zero-order valence-electron chi connectivity index (χ0n) is 11.3. The summed E-state index contributed by atoms with van der Waals surface area (Å²) in [6.45, 7) is 3.61. The standard InChI is InChI=1S/C12H15BrN4O2S/c1-7-4-9(13)12(10(14)5-7)16-20(18,19)11-6-17(3)8(2)15-11/h4-6,16H,14H2,1-3H3. The topological polar surface area (TPSA) is 90.0 Å². The van der Waals surface area contributed by atoms with E-state index >= 15 is 0 Å². The van der Waals surface area contributed by atoms with Gasteiger partial charge in [0.2, 0.25) is 0 Å². The molecule has 1 heterocycles. The number of nitrogens with one attached hydrogen (secondary N) is 1. The van der Waals surface area contributed by atoms with Crippen molar-refractivity contribution in [1.82, 2.24) is 9.55 Å². The fourth-order valence-electron chi connectivity index (χ4n) is 1.72. The zero-order valence-corrected chi connectivity index (χ0v) is 13.7. The van der Waals surface area contributed by atoms with Crippen molar-refractivity contribution in [3.05, 3.63) is 34.2 Å². The van der Waals surface area contributed by atoms with E-state index in [1.807, 2.05) is 6.92 Å². The second-order valence-corrected chi connectivity index (χ2v) is 7.04. The molecule has 3 N–H and O–H groups in total. The van der Waals surface area contributed by atoms with Crippen LogP contribution in [0.25, 0.3) is 0 Å². The molecule has 20 heavy (non-hydrogen) atoms. The first kappa shape index (κ1) is 14.9. The largest absolute Gasteiger partial charge is 0.397 e. The number of anilines is 2. The number of benzene rings is 1. The molecule has 0 aliphatic rings. The molecule has 1 aromatic carbocycles. The molecule has 0 aliphatic heterocycles. The number of hydrogen-bond donors (Lipinski definition) is 2. The average molecular weight is 359 g/mol. The van der Waals surface area contributed by atoms with E-state index in [0.717, 1.165) is 5.56 Å². The van der Waals surface area contributed by atoms with Crippen LogP contribution in [0.4, 0.5) is 11.4 Å². The monoisotopic (exact) mass is 358 g/mol. The summed E-state index contributed by atoms with van der Waals surface area (Å²) in [6, 6.07) is 3.49. The normalized spacial score (nSPS) is 11.6. The Bertz CT molecular complexity index is 725. The zero-order chi connectivity index (χ0) is 15.1. The van der Waals surface area contributed by atoms with Crippen molar-refractivity contribution < 1.29 is 8.42 Å². The number of sulfonamides is 1. The Kier molecular flexibility index (Phi) is 3.79. The second kappa shape index (κ2) is 5.10. The number of nitrogens with two attached hydrogens (primary N) is 1. The number of aryl methyl sites for hydroxylation is 3. The molecular weight excluding hydrogens is 344 g/mol. The summed E-state index contributed by atoms with van der Waals surface area (Å²) in [5.41, 5.74) is 7.47. The molecule has 2 aromatic rings. The average Bonchev–Trinajstić information content (AvgIpc) is 2.65. The summed E-state index contributed by atoms with van der Waals surface area (Å²) in [4.78, 5) is 4.01. The molecule has 0 aliphatic carbocycles. The first-order chi connectivity index (χ1) is 9.20. The highest BCUT2D eigenvalue weighted by Gasteiger charge is 2.21. The summed E-state index contributed by atoms with van der Waals surface area (Å²) in [6.07, 6.45) is 1.45. The van der Waals surface area contributed by atoms with Crippen LogP contribution in [0.2, 0.25) is 0 Å². The van der Waals surface area contributed by atoms with E-state index in [1.165, 1.54) is 6.20 Å². The van der Waals surface area contributed by atoms with Gasteiger partial charge in [0.25, 0.3) is 10.0 Å². The maximum absolute atomic E-state index is 12.3.